The molecule has 122 valence electrons. The minimum absolute atomic E-state index is 0.0549. The van der Waals surface area contributed by atoms with Crippen LogP contribution in [0.5, 0.6) is 0 Å². The van der Waals surface area contributed by atoms with Gasteiger partial charge in [-0.3, -0.25) is 4.79 Å². The van der Waals surface area contributed by atoms with Gasteiger partial charge in [0.1, 0.15) is 5.78 Å². The number of carbonyl (C=O) groups excluding carboxylic acids is 1. The topological polar surface area (TPSA) is 91.7 Å². The van der Waals surface area contributed by atoms with E-state index in [1.165, 1.54) is 12.1 Å². The molecule has 24 heavy (non-hydrogen) atoms. The molecule has 0 amide bonds. The SMILES string of the molecule is O=C(CC(C(=O)O)=C(C(=O)O)c1ccccc1)Cc1ccccc1. The first-order valence-corrected chi connectivity index (χ1v) is 7.30. The molecule has 0 spiro atoms. The van der Waals surface area contributed by atoms with Crippen LogP contribution >= 0.6 is 0 Å². The van der Waals surface area contributed by atoms with E-state index < -0.39 is 23.9 Å². The number of hydrogen-bond acceptors (Lipinski definition) is 3. The first kappa shape index (κ1) is 17.1. The number of carboxylic acids is 2. The van der Waals surface area contributed by atoms with E-state index >= 15 is 0 Å². The van der Waals surface area contributed by atoms with Crippen molar-refractivity contribution in [3.8, 4) is 0 Å². The van der Waals surface area contributed by atoms with Gasteiger partial charge in [-0.15, -0.1) is 0 Å². The Balaban J connectivity index is 2.34. The predicted octanol–water partition coefficient (Wildman–Crippen LogP) is 2.81. The molecule has 2 aromatic carbocycles. The lowest BCUT2D eigenvalue weighted by molar-refractivity contribution is -0.135. The second kappa shape index (κ2) is 7.87. The van der Waals surface area contributed by atoms with Crippen molar-refractivity contribution in [3.05, 3.63) is 77.4 Å². The molecule has 0 aliphatic rings. The van der Waals surface area contributed by atoms with E-state index in [0.717, 1.165) is 5.56 Å². The van der Waals surface area contributed by atoms with Crippen molar-refractivity contribution in [3.63, 3.8) is 0 Å². The van der Waals surface area contributed by atoms with Crippen molar-refractivity contribution < 1.29 is 24.6 Å². The fourth-order valence-electron chi connectivity index (χ4n) is 2.39. The maximum absolute atomic E-state index is 12.2. The van der Waals surface area contributed by atoms with E-state index in [0.29, 0.717) is 0 Å². The fourth-order valence-corrected chi connectivity index (χ4v) is 2.39. The molecule has 2 aromatic rings. The van der Waals surface area contributed by atoms with Crippen LogP contribution in [-0.2, 0) is 20.8 Å². The summed E-state index contributed by atoms with van der Waals surface area (Å²) in [5, 5.41) is 18.8. The summed E-state index contributed by atoms with van der Waals surface area (Å²) < 4.78 is 0. The van der Waals surface area contributed by atoms with Crippen LogP contribution in [-0.4, -0.2) is 27.9 Å². The molecule has 0 heterocycles. The average Bonchev–Trinajstić information content (AvgIpc) is 2.55. The summed E-state index contributed by atoms with van der Waals surface area (Å²) in [5.74, 6) is -3.13. The molecule has 0 radical (unpaired) electrons. The van der Waals surface area contributed by atoms with Gasteiger partial charge in [0.15, 0.2) is 0 Å². The molecule has 0 aromatic heterocycles. The smallest absolute Gasteiger partial charge is 0.336 e. The molecule has 2 N–H and O–H groups in total. The molecule has 0 aliphatic heterocycles. The number of Topliss-reactive ketones (excluding diaryl/α,β-unsaturated/α-hetero) is 1. The quantitative estimate of drug-likeness (QED) is 0.764. The third-order valence-electron chi connectivity index (χ3n) is 3.45. The Labute approximate surface area is 138 Å². The van der Waals surface area contributed by atoms with Crippen molar-refractivity contribution >= 4 is 23.3 Å². The van der Waals surface area contributed by atoms with Gasteiger partial charge in [-0.05, 0) is 11.1 Å². The highest BCUT2D eigenvalue weighted by Crippen LogP contribution is 2.22. The molecule has 2 rings (SSSR count). The zero-order valence-corrected chi connectivity index (χ0v) is 12.8. The Morgan fingerprint density at radius 1 is 0.750 bits per heavy atom. The summed E-state index contributed by atoms with van der Waals surface area (Å²) in [6, 6.07) is 16.8. The van der Waals surface area contributed by atoms with E-state index in [2.05, 4.69) is 0 Å². The molecule has 0 aliphatic carbocycles. The highest BCUT2D eigenvalue weighted by molar-refractivity contribution is 6.22. The van der Waals surface area contributed by atoms with Crippen LogP contribution in [0, 0.1) is 0 Å². The summed E-state index contributed by atoms with van der Waals surface area (Å²) in [5.41, 5.74) is 0.248. The summed E-state index contributed by atoms with van der Waals surface area (Å²) >= 11 is 0. The number of carboxylic acid groups (broad SMARTS) is 2. The highest BCUT2D eigenvalue weighted by atomic mass is 16.4. The molecule has 0 saturated carbocycles. The molecular formula is C19H16O5. The first-order chi connectivity index (χ1) is 11.5. The van der Waals surface area contributed by atoms with E-state index in [4.69, 9.17) is 0 Å². The van der Waals surface area contributed by atoms with Crippen LogP contribution in [0.2, 0.25) is 0 Å². The van der Waals surface area contributed by atoms with Gasteiger partial charge in [-0.1, -0.05) is 60.7 Å². The second-order valence-electron chi connectivity index (χ2n) is 5.21. The number of carbonyl (C=O) groups is 3. The van der Waals surface area contributed by atoms with Crippen LogP contribution in [0.4, 0.5) is 0 Å². The average molecular weight is 324 g/mol. The van der Waals surface area contributed by atoms with Gasteiger partial charge >= 0.3 is 11.9 Å². The number of aliphatic carboxylic acids is 2. The van der Waals surface area contributed by atoms with Gasteiger partial charge in [0.2, 0.25) is 0 Å². The van der Waals surface area contributed by atoms with Crippen molar-refractivity contribution in [1.29, 1.82) is 0 Å². The van der Waals surface area contributed by atoms with Crippen LogP contribution in [0.1, 0.15) is 17.5 Å². The summed E-state index contributed by atoms with van der Waals surface area (Å²) in [6.07, 6.45) is -0.389. The van der Waals surface area contributed by atoms with Gasteiger partial charge in [0.25, 0.3) is 0 Å². The van der Waals surface area contributed by atoms with Crippen molar-refractivity contribution in [2.45, 2.75) is 12.8 Å². The lowest BCUT2D eigenvalue weighted by Gasteiger charge is -2.09. The summed E-state index contributed by atoms with van der Waals surface area (Å²) in [4.78, 5) is 35.3. The van der Waals surface area contributed by atoms with Gasteiger partial charge in [-0.2, -0.15) is 0 Å². The maximum Gasteiger partial charge on any atom is 0.336 e. The Bertz CT molecular complexity index is 776. The standard InChI is InChI=1S/C19H16O5/c20-15(11-13-7-3-1-4-8-13)12-16(18(21)22)17(19(23)24)14-9-5-2-6-10-14/h1-10H,11-12H2,(H,21,22)(H,23,24). The van der Waals surface area contributed by atoms with E-state index in [1.54, 1.807) is 42.5 Å². The minimum atomic E-state index is -1.40. The second-order valence-corrected chi connectivity index (χ2v) is 5.21. The summed E-state index contributed by atoms with van der Waals surface area (Å²) in [6.45, 7) is 0. The van der Waals surface area contributed by atoms with E-state index in [9.17, 15) is 24.6 Å². The molecule has 0 bridgehead atoms. The van der Waals surface area contributed by atoms with Gasteiger partial charge < -0.3 is 10.2 Å². The van der Waals surface area contributed by atoms with Gasteiger partial charge in [0, 0.05) is 12.8 Å². The Hall–Kier alpha value is -3.21. The van der Waals surface area contributed by atoms with Crippen molar-refractivity contribution in [2.24, 2.45) is 0 Å². The number of hydrogen-bond donors (Lipinski definition) is 2. The minimum Gasteiger partial charge on any atom is -0.478 e. The number of benzene rings is 2. The number of ketones is 1. The third kappa shape index (κ3) is 4.39. The zero-order valence-electron chi connectivity index (χ0n) is 12.8. The lowest BCUT2D eigenvalue weighted by atomic mass is 9.94. The molecule has 0 atom stereocenters. The van der Waals surface area contributed by atoms with Crippen LogP contribution < -0.4 is 0 Å². The molecule has 0 saturated heterocycles. The van der Waals surface area contributed by atoms with Crippen molar-refractivity contribution in [2.75, 3.05) is 0 Å². The fraction of sp³-hybridized carbons (Fsp3) is 0.105. The normalized spacial score (nSPS) is 11.5. The molecule has 0 fully saturated rings. The van der Waals surface area contributed by atoms with E-state index in [-0.39, 0.29) is 23.3 Å². The maximum atomic E-state index is 12.2. The van der Waals surface area contributed by atoms with E-state index in [1.807, 2.05) is 6.07 Å². The van der Waals surface area contributed by atoms with Gasteiger partial charge in [-0.25, -0.2) is 9.59 Å². The Kier molecular flexibility index (Phi) is 5.63. The first-order valence-electron chi connectivity index (χ1n) is 7.30. The number of rotatable bonds is 7. The van der Waals surface area contributed by atoms with Crippen LogP contribution in [0.15, 0.2) is 66.2 Å². The molecule has 5 nitrogen and oxygen atoms in total. The Morgan fingerprint density at radius 2 is 1.29 bits per heavy atom. The molecule has 0 unspecified atom stereocenters. The monoisotopic (exact) mass is 324 g/mol. The Morgan fingerprint density at radius 3 is 1.79 bits per heavy atom. The zero-order chi connectivity index (χ0) is 17.5. The largest absolute Gasteiger partial charge is 0.478 e. The summed E-state index contributed by atoms with van der Waals surface area (Å²) in [7, 11) is 0. The van der Waals surface area contributed by atoms with Gasteiger partial charge in [0.05, 0.1) is 11.1 Å². The highest BCUT2D eigenvalue weighted by Gasteiger charge is 2.24. The van der Waals surface area contributed by atoms with Crippen LogP contribution in [0.3, 0.4) is 0 Å². The lowest BCUT2D eigenvalue weighted by Crippen LogP contribution is -2.15. The predicted molar refractivity (Wildman–Crippen MR) is 88.4 cm³/mol. The van der Waals surface area contributed by atoms with Crippen molar-refractivity contribution in [1.82, 2.24) is 0 Å². The van der Waals surface area contributed by atoms with Crippen LogP contribution in [0.25, 0.3) is 5.57 Å². The molecule has 5 heteroatoms. The third-order valence-corrected chi connectivity index (χ3v) is 3.45. The molecular weight excluding hydrogens is 308 g/mol.